The Morgan fingerprint density at radius 3 is 2.15 bits per heavy atom. The monoisotopic (exact) mass is 600 g/mol. The summed E-state index contributed by atoms with van der Waals surface area (Å²) >= 11 is 6.53. The Hall–Kier alpha value is -1.34. The molecule has 39 heavy (non-hydrogen) atoms. The molecule has 1 heterocycles. The first kappa shape index (κ1) is 32.2. The SMILES string of the molecule is CCOc1ccc(Cc2cc([C@]3(O)O[C@H](CC)[C@@H](C)[C@H](O[Si](C)(C)C)[C@H]3O[Si](C)(C)C)ccc2Cl)c(F)c1F. The molecule has 0 aromatic heterocycles. The molecule has 0 radical (unpaired) electrons. The average molecular weight is 601 g/mol. The third kappa shape index (κ3) is 7.50. The van der Waals surface area contributed by atoms with Crippen molar-refractivity contribution in [2.24, 2.45) is 5.92 Å². The van der Waals surface area contributed by atoms with E-state index in [2.05, 4.69) is 46.2 Å². The van der Waals surface area contributed by atoms with Gasteiger partial charge in [0, 0.05) is 22.9 Å². The van der Waals surface area contributed by atoms with Gasteiger partial charge >= 0.3 is 0 Å². The summed E-state index contributed by atoms with van der Waals surface area (Å²) in [6.07, 6.45) is -0.785. The largest absolute Gasteiger partial charge is 0.491 e. The maximum absolute atomic E-state index is 14.9. The van der Waals surface area contributed by atoms with E-state index in [1.165, 1.54) is 12.1 Å². The number of hydrogen-bond acceptors (Lipinski definition) is 5. The highest BCUT2D eigenvalue weighted by molar-refractivity contribution is 6.70. The predicted octanol–water partition coefficient (Wildman–Crippen LogP) is 7.64. The molecule has 1 aliphatic rings. The smallest absolute Gasteiger partial charge is 0.221 e. The lowest BCUT2D eigenvalue weighted by atomic mass is 9.82. The Bertz CT molecular complexity index is 1150. The van der Waals surface area contributed by atoms with Gasteiger partial charge in [0.05, 0.1) is 18.8 Å². The van der Waals surface area contributed by atoms with Crippen LogP contribution in [0.3, 0.4) is 0 Å². The second-order valence-electron chi connectivity index (χ2n) is 12.2. The first-order valence-electron chi connectivity index (χ1n) is 13.6. The maximum Gasteiger partial charge on any atom is 0.221 e. The van der Waals surface area contributed by atoms with Crippen LogP contribution in [0.25, 0.3) is 0 Å². The van der Waals surface area contributed by atoms with Crippen LogP contribution >= 0.6 is 11.6 Å². The topological polar surface area (TPSA) is 57.2 Å². The molecular weight excluding hydrogens is 558 g/mol. The van der Waals surface area contributed by atoms with Crippen molar-refractivity contribution in [3.05, 3.63) is 63.7 Å². The molecule has 3 rings (SSSR count). The second kappa shape index (κ2) is 12.3. The minimum absolute atomic E-state index is 0.0138. The van der Waals surface area contributed by atoms with E-state index in [0.717, 1.165) is 0 Å². The summed E-state index contributed by atoms with van der Waals surface area (Å²) in [5.74, 6) is -4.01. The molecule has 218 valence electrons. The average Bonchev–Trinajstić information content (AvgIpc) is 2.83. The third-order valence-electron chi connectivity index (χ3n) is 6.76. The van der Waals surface area contributed by atoms with E-state index < -0.39 is 46.3 Å². The summed E-state index contributed by atoms with van der Waals surface area (Å²) in [6.45, 7) is 18.6. The van der Waals surface area contributed by atoms with E-state index in [1.807, 2.05) is 6.92 Å². The van der Waals surface area contributed by atoms with Gasteiger partial charge in [0.2, 0.25) is 11.6 Å². The van der Waals surface area contributed by atoms with E-state index in [4.69, 9.17) is 29.9 Å². The zero-order valence-electron chi connectivity index (χ0n) is 24.5. The Morgan fingerprint density at radius 2 is 1.59 bits per heavy atom. The van der Waals surface area contributed by atoms with E-state index in [1.54, 1.807) is 25.1 Å². The van der Waals surface area contributed by atoms with Crippen molar-refractivity contribution in [1.82, 2.24) is 0 Å². The first-order valence-corrected chi connectivity index (χ1v) is 20.8. The molecule has 2 aromatic rings. The van der Waals surface area contributed by atoms with Crippen LogP contribution in [0.1, 0.15) is 43.9 Å². The minimum atomic E-state index is -2.19. The van der Waals surface area contributed by atoms with Crippen LogP contribution < -0.4 is 4.74 Å². The second-order valence-corrected chi connectivity index (χ2v) is 21.6. The minimum Gasteiger partial charge on any atom is -0.491 e. The molecule has 1 N–H and O–H groups in total. The fraction of sp³-hybridized carbons (Fsp3) is 0.586. The van der Waals surface area contributed by atoms with Gasteiger partial charge in [0.15, 0.2) is 28.2 Å². The molecule has 0 amide bonds. The predicted molar refractivity (Wildman–Crippen MR) is 156 cm³/mol. The number of hydrogen-bond donors (Lipinski definition) is 1. The van der Waals surface area contributed by atoms with Crippen LogP contribution in [0, 0.1) is 17.6 Å². The molecule has 0 unspecified atom stereocenters. The Kier molecular flexibility index (Phi) is 10.1. The van der Waals surface area contributed by atoms with E-state index in [9.17, 15) is 13.9 Å². The molecule has 2 aromatic carbocycles. The molecule has 1 aliphatic heterocycles. The number of rotatable bonds is 10. The first-order chi connectivity index (χ1) is 18.0. The zero-order valence-corrected chi connectivity index (χ0v) is 27.3. The van der Waals surface area contributed by atoms with Crippen molar-refractivity contribution in [3.8, 4) is 5.75 Å². The Labute approximate surface area is 239 Å². The van der Waals surface area contributed by atoms with E-state index >= 15 is 0 Å². The molecule has 5 atom stereocenters. The lowest BCUT2D eigenvalue weighted by Gasteiger charge is -2.53. The van der Waals surface area contributed by atoms with Gasteiger partial charge in [0.25, 0.3) is 0 Å². The van der Waals surface area contributed by atoms with Crippen molar-refractivity contribution >= 4 is 28.2 Å². The number of ether oxygens (including phenoxy) is 2. The number of aliphatic hydroxyl groups is 1. The van der Waals surface area contributed by atoms with Crippen LogP contribution in [-0.4, -0.2) is 46.7 Å². The van der Waals surface area contributed by atoms with Crippen molar-refractivity contribution < 1.29 is 32.2 Å². The molecule has 5 nitrogen and oxygen atoms in total. The maximum atomic E-state index is 14.9. The molecule has 1 saturated heterocycles. The summed E-state index contributed by atoms with van der Waals surface area (Å²) in [6, 6.07) is 7.95. The quantitative estimate of drug-likeness (QED) is 0.284. The molecule has 0 saturated carbocycles. The zero-order chi connectivity index (χ0) is 29.3. The Morgan fingerprint density at radius 1 is 0.949 bits per heavy atom. The van der Waals surface area contributed by atoms with Gasteiger partial charge in [-0.15, -0.1) is 0 Å². The molecule has 1 fully saturated rings. The van der Waals surface area contributed by atoms with Crippen LogP contribution in [-0.2, 0) is 25.8 Å². The molecule has 0 bridgehead atoms. The lowest BCUT2D eigenvalue weighted by Crippen LogP contribution is -2.64. The summed E-state index contributed by atoms with van der Waals surface area (Å²) in [5.41, 5.74) is 1.09. The summed E-state index contributed by atoms with van der Waals surface area (Å²) < 4.78 is 54.4. The third-order valence-corrected chi connectivity index (χ3v) is 9.07. The van der Waals surface area contributed by atoms with Crippen molar-refractivity contribution in [2.75, 3.05) is 6.61 Å². The molecule has 0 aliphatic carbocycles. The molecular formula is C29H43ClF2O5Si2. The highest BCUT2D eigenvalue weighted by Gasteiger charge is 2.56. The van der Waals surface area contributed by atoms with Crippen LogP contribution in [0.4, 0.5) is 8.78 Å². The van der Waals surface area contributed by atoms with Gasteiger partial charge in [-0.05, 0) is 82.0 Å². The van der Waals surface area contributed by atoms with Crippen LogP contribution in [0.15, 0.2) is 30.3 Å². The molecule has 10 heteroatoms. The van der Waals surface area contributed by atoms with E-state index in [-0.39, 0.29) is 36.4 Å². The van der Waals surface area contributed by atoms with Gasteiger partial charge in [0.1, 0.15) is 6.10 Å². The Balaban J connectivity index is 2.10. The summed E-state index contributed by atoms with van der Waals surface area (Å²) in [5, 5.41) is 12.7. The van der Waals surface area contributed by atoms with E-state index in [0.29, 0.717) is 22.6 Å². The highest BCUT2D eigenvalue weighted by Crippen LogP contribution is 2.45. The fourth-order valence-corrected chi connectivity index (χ4v) is 7.42. The molecule has 0 spiro atoms. The fourth-order valence-electron chi connectivity index (χ4n) is 5.02. The van der Waals surface area contributed by atoms with Gasteiger partial charge in [-0.1, -0.05) is 37.6 Å². The lowest BCUT2D eigenvalue weighted by molar-refractivity contribution is -0.339. The van der Waals surface area contributed by atoms with Crippen molar-refractivity contribution in [3.63, 3.8) is 0 Å². The summed E-state index contributed by atoms with van der Waals surface area (Å²) in [4.78, 5) is 0. The number of halogens is 3. The van der Waals surface area contributed by atoms with Crippen molar-refractivity contribution in [2.45, 2.75) is 97.0 Å². The van der Waals surface area contributed by atoms with Crippen LogP contribution in [0.5, 0.6) is 5.75 Å². The summed E-state index contributed by atoms with van der Waals surface area (Å²) in [7, 11) is -4.23. The van der Waals surface area contributed by atoms with Crippen molar-refractivity contribution in [1.29, 1.82) is 0 Å². The van der Waals surface area contributed by atoms with Gasteiger partial charge in [-0.2, -0.15) is 4.39 Å². The normalized spacial score (nSPS) is 26.1. The van der Waals surface area contributed by atoms with Gasteiger partial charge in [-0.3, -0.25) is 0 Å². The standard InChI is InChI=1S/C29H43ClF2O5Si2/c1-10-23-18(3)27(36-38(4,5)6)28(37-39(7,8)9)29(33,35-23)21-13-14-22(30)20(17-21)16-19-12-15-24(34-11-2)26(32)25(19)31/h12-15,17-18,23,27-28,33H,10-11,16H2,1-9H3/t18-,23-,27+,28-,29+/m1/s1. The van der Waals surface area contributed by atoms with Gasteiger partial charge in [-0.25, -0.2) is 4.39 Å². The van der Waals surface area contributed by atoms with Gasteiger partial charge < -0.3 is 23.4 Å². The highest BCUT2D eigenvalue weighted by atomic mass is 35.5. The number of benzene rings is 2. The van der Waals surface area contributed by atoms with Crippen LogP contribution in [0.2, 0.25) is 44.3 Å².